The number of ether oxygens (including phenoxy) is 1. The van der Waals surface area contributed by atoms with Gasteiger partial charge in [0.05, 0.1) is 13.7 Å². The zero-order valence-electron chi connectivity index (χ0n) is 9.31. The van der Waals surface area contributed by atoms with Crippen LogP contribution in [-0.2, 0) is 6.54 Å². The monoisotopic (exact) mass is 271 g/mol. The van der Waals surface area contributed by atoms with Crippen molar-refractivity contribution in [1.29, 1.82) is 0 Å². The third-order valence-corrected chi connectivity index (χ3v) is 3.22. The van der Waals surface area contributed by atoms with E-state index in [2.05, 4.69) is 9.97 Å². The smallest absolute Gasteiger partial charge is 0.299 e. The molecule has 0 aliphatic heterocycles. The van der Waals surface area contributed by atoms with Gasteiger partial charge in [-0.05, 0) is 6.92 Å². The van der Waals surface area contributed by atoms with Crippen LogP contribution in [0.4, 0.5) is 0 Å². The Morgan fingerprint density at radius 3 is 2.94 bits per heavy atom. The molecule has 0 unspecified atom stereocenters. The van der Waals surface area contributed by atoms with E-state index in [1.54, 1.807) is 13.1 Å². The Morgan fingerprint density at radius 1 is 1.59 bits per heavy atom. The summed E-state index contributed by atoms with van der Waals surface area (Å²) >= 11 is 7.06. The van der Waals surface area contributed by atoms with Gasteiger partial charge in [-0.25, -0.2) is 9.97 Å². The van der Waals surface area contributed by atoms with Crippen LogP contribution in [-0.4, -0.2) is 21.6 Å². The van der Waals surface area contributed by atoms with Crippen LogP contribution in [0.2, 0.25) is 4.47 Å². The van der Waals surface area contributed by atoms with Gasteiger partial charge in [0.15, 0.2) is 4.47 Å². The summed E-state index contributed by atoms with van der Waals surface area (Å²) in [6.07, 6.45) is 1.64. The van der Waals surface area contributed by atoms with Crippen molar-refractivity contribution in [3.63, 3.8) is 0 Å². The molecule has 0 aliphatic carbocycles. The Hall–Kier alpha value is -1.40. The summed E-state index contributed by atoms with van der Waals surface area (Å²) < 4.78 is 6.98. The van der Waals surface area contributed by atoms with Crippen LogP contribution in [0.3, 0.4) is 0 Å². The van der Waals surface area contributed by atoms with Crippen molar-refractivity contribution in [2.75, 3.05) is 7.11 Å². The second-order valence-corrected chi connectivity index (χ2v) is 5.09. The second kappa shape index (κ2) is 4.85. The van der Waals surface area contributed by atoms with Crippen LogP contribution in [0.25, 0.3) is 0 Å². The van der Waals surface area contributed by atoms with Gasteiger partial charge in [0.2, 0.25) is 0 Å². The zero-order valence-corrected chi connectivity index (χ0v) is 10.9. The Labute approximate surface area is 107 Å². The maximum absolute atomic E-state index is 11.8. The summed E-state index contributed by atoms with van der Waals surface area (Å²) in [6, 6.07) is 1.75. The summed E-state index contributed by atoms with van der Waals surface area (Å²) in [5, 5.41) is 0. The first-order valence-electron chi connectivity index (χ1n) is 4.83. The molecular formula is C10H10ClN3O2S. The van der Waals surface area contributed by atoms with E-state index in [9.17, 15) is 4.79 Å². The zero-order chi connectivity index (χ0) is 12.4. The minimum atomic E-state index is -0.154. The molecule has 17 heavy (non-hydrogen) atoms. The number of halogens is 1. The average Bonchev–Trinajstić information content (AvgIpc) is 2.67. The highest BCUT2D eigenvalue weighted by Gasteiger charge is 2.09. The van der Waals surface area contributed by atoms with Gasteiger partial charge in [-0.1, -0.05) is 11.6 Å². The number of hydrogen-bond acceptors (Lipinski definition) is 5. The summed E-state index contributed by atoms with van der Waals surface area (Å²) in [5.41, 5.74) is 0.476. The van der Waals surface area contributed by atoms with Crippen LogP contribution < -0.4 is 10.3 Å². The van der Waals surface area contributed by atoms with E-state index < -0.39 is 0 Å². The molecule has 0 atom stereocenters. The lowest BCUT2D eigenvalue weighted by molar-refractivity contribution is 0.350. The maximum atomic E-state index is 11.8. The number of rotatable bonds is 3. The predicted octanol–water partition coefficient (Wildman–Crippen LogP) is 1.72. The molecule has 0 aliphatic rings. The molecule has 5 nitrogen and oxygen atoms in total. The molecule has 0 bridgehead atoms. The van der Waals surface area contributed by atoms with E-state index in [1.807, 2.05) is 0 Å². The third kappa shape index (κ3) is 2.65. The maximum Gasteiger partial charge on any atom is 0.299 e. The van der Waals surface area contributed by atoms with Gasteiger partial charge in [-0.3, -0.25) is 9.36 Å². The molecule has 0 amide bonds. The van der Waals surface area contributed by atoms with E-state index >= 15 is 0 Å². The fourth-order valence-corrected chi connectivity index (χ4v) is 2.38. The summed E-state index contributed by atoms with van der Waals surface area (Å²) in [7, 11) is 1.48. The molecule has 0 aromatic carbocycles. The van der Waals surface area contributed by atoms with Gasteiger partial charge in [-0.15, -0.1) is 11.3 Å². The number of aryl methyl sites for hydroxylation is 1. The SMILES string of the molecule is COc1nc(C)cc(=O)n1Cc1cnc(Cl)s1. The number of methoxy groups -OCH3 is 1. The van der Waals surface area contributed by atoms with Crippen molar-refractivity contribution in [3.8, 4) is 6.01 Å². The normalized spacial score (nSPS) is 10.5. The molecule has 2 aromatic rings. The number of aromatic nitrogens is 3. The first-order valence-corrected chi connectivity index (χ1v) is 6.02. The summed E-state index contributed by atoms with van der Waals surface area (Å²) in [5.74, 6) is 0. The van der Waals surface area contributed by atoms with Crippen LogP contribution in [0.1, 0.15) is 10.6 Å². The highest BCUT2D eigenvalue weighted by Crippen LogP contribution is 2.19. The van der Waals surface area contributed by atoms with Crippen LogP contribution in [0, 0.1) is 6.92 Å². The van der Waals surface area contributed by atoms with Crippen LogP contribution in [0.5, 0.6) is 6.01 Å². The Bertz CT molecular complexity index is 593. The molecule has 7 heteroatoms. The van der Waals surface area contributed by atoms with Crippen molar-refractivity contribution in [1.82, 2.24) is 14.5 Å². The van der Waals surface area contributed by atoms with Crippen LogP contribution in [0.15, 0.2) is 17.1 Å². The lowest BCUT2D eigenvalue weighted by atomic mass is 10.4. The largest absolute Gasteiger partial charge is 0.468 e. The molecule has 0 spiro atoms. The van der Waals surface area contributed by atoms with Gasteiger partial charge in [0, 0.05) is 22.8 Å². The molecular weight excluding hydrogens is 262 g/mol. The van der Waals surface area contributed by atoms with Crippen molar-refractivity contribution in [2.24, 2.45) is 0 Å². The lowest BCUT2D eigenvalue weighted by Gasteiger charge is -2.09. The summed E-state index contributed by atoms with van der Waals surface area (Å²) in [4.78, 5) is 20.8. The van der Waals surface area contributed by atoms with Crippen molar-refractivity contribution in [2.45, 2.75) is 13.5 Å². The molecule has 2 rings (SSSR count). The highest BCUT2D eigenvalue weighted by atomic mass is 35.5. The third-order valence-electron chi connectivity index (χ3n) is 2.12. The van der Waals surface area contributed by atoms with Crippen molar-refractivity contribution >= 4 is 22.9 Å². The highest BCUT2D eigenvalue weighted by molar-refractivity contribution is 7.15. The first kappa shape index (κ1) is 12.1. The van der Waals surface area contributed by atoms with Crippen molar-refractivity contribution in [3.05, 3.63) is 37.7 Å². The molecule has 2 aromatic heterocycles. The van der Waals surface area contributed by atoms with E-state index in [0.29, 0.717) is 22.7 Å². The van der Waals surface area contributed by atoms with E-state index in [0.717, 1.165) is 4.88 Å². The van der Waals surface area contributed by atoms with Crippen LogP contribution >= 0.6 is 22.9 Å². The predicted molar refractivity (Wildman–Crippen MR) is 66.0 cm³/mol. The molecule has 0 fully saturated rings. The van der Waals surface area contributed by atoms with E-state index in [1.165, 1.54) is 29.1 Å². The fourth-order valence-electron chi connectivity index (χ4n) is 1.41. The van der Waals surface area contributed by atoms with Gasteiger partial charge < -0.3 is 4.74 Å². The van der Waals surface area contributed by atoms with E-state index in [4.69, 9.17) is 16.3 Å². The van der Waals surface area contributed by atoms with Crippen molar-refractivity contribution < 1.29 is 4.74 Å². The Morgan fingerprint density at radius 2 is 2.35 bits per heavy atom. The molecule has 90 valence electrons. The fraction of sp³-hybridized carbons (Fsp3) is 0.300. The topological polar surface area (TPSA) is 57.0 Å². The molecule has 0 N–H and O–H groups in total. The minimum Gasteiger partial charge on any atom is -0.468 e. The Kier molecular flexibility index (Phi) is 3.44. The molecule has 2 heterocycles. The number of nitrogens with zero attached hydrogens (tertiary/aromatic N) is 3. The summed E-state index contributed by atoms with van der Waals surface area (Å²) in [6.45, 7) is 2.11. The molecule has 0 saturated carbocycles. The number of thiazole rings is 1. The standard InChI is InChI=1S/C10H10ClN3O2S/c1-6-3-8(15)14(10(13-6)16-2)5-7-4-12-9(11)17-7/h3-4H,5H2,1-2H3. The first-order chi connectivity index (χ1) is 8.10. The quantitative estimate of drug-likeness (QED) is 0.853. The molecule has 0 saturated heterocycles. The van der Waals surface area contributed by atoms with E-state index in [-0.39, 0.29) is 5.56 Å². The van der Waals surface area contributed by atoms with Gasteiger partial charge in [0.1, 0.15) is 0 Å². The van der Waals surface area contributed by atoms with Gasteiger partial charge >= 0.3 is 0 Å². The Balaban J connectivity index is 2.41. The second-order valence-electron chi connectivity index (χ2n) is 3.39. The number of hydrogen-bond donors (Lipinski definition) is 0. The average molecular weight is 272 g/mol. The lowest BCUT2D eigenvalue weighted by Crippen LogP contribution is -2.22. The molecule has 0 radical (unpaired) electrons. The minimum absolute atomic E-state index is 0.154. The van der Waals surface area contributed by atoms with Gasteiger partial charge in [-0.2, -0.15) is 0 Å². The van der Waals surface area contributed by atoms with Gasteiger partial charge in [0.25, 0.3) is 11.6 Å².